The quantitative estimate of drug-likeness (QED) is 0.738. The van der Waals surface area contributed by atoms with Crippen molar-refractivity contribution in [1.82, 2.24) is 29.6 Å². The molecule has 6 nitrogen and oxygen atoms in total. The molecule has 0 spiro atoms. The Hall–Kier alpha value is -2.34. The summed E-state index contributed by atoms with van der Waals surface area (Å²) in [6.45, 7) is 6.08. The molecule has 3 aromatic rings. The molecule has 0 N–H and O–H groups in total. The van der Waals surface area contributed by atoms with Crippen LogP contribution in [-0.2, 0) is 13.1 Å². The predicted molar refractivity (Wildman–Crippen MR) is 92.3 cm³/mol. The minimum atomic E-state index is 0.620. The second kappa shape index (κ2) is 6.65. The highest BCUT2D eigenvalue weighted by molar-refractivity contribution is 5.74. The van der Waals surface area contributed by atoms with E-state index in [0.717, 1.165) is 48.6 Å². The minimum Gasteiger partial charge on any atom is -0.297 e. The number of likely N-dealkylation sites (tertiary alicyclic amines) is 1. The smallest absolute Gasteiger partial charge is 0.137 e. The zero-order valence-corrected chi connectivity index (χ0v) is 14.0. The lowest BCUT2D eigenvalue weighted by molar-refractivity contribution is 0.151. The SMILES string of the molecule is Cc1nc2ccccc2nc1CN1CCC[C@@H](Cn2cncn2)C1. The van der Waals surface area contributed by atoms with Gasteiger partial charge in [-0.25, -0.2) is 15.0 Å². The third-order valence-corrected chi connectivity index (χ3v) is 4.73. The first kappa shape index (κ1) is 15.2. The Balaban J connectivity index is 1.47. The number of hydrogen-bond acceptors (Lipinski definition) is 5. The molecule has 4 rings (SSSR count). The van der Waals surface area contributed by atoms with E-state index in [2.05, 4.69) is 21.9 Å². The predicted octanol–water partition coefficient (Wildman–Crippen LogP) is 2.44. The first-order valence-corrected chi connectivity index (χ1v) is 8.55. The molecule has 2 aromatic heterocycles. The van der Waals surface area contributed by atoms with Crippen molar-refractivity contribution in [2.24, 2.45) is 5.92 Å². The van der Waals surface area contributed by atoms with E-state index < -0.39 is 0 Å². The number of aryl methyl sites for hydroxylation is 1. The summed E-state index contributed by atoms with van der Waals surface area (Å²) >= 11 is 0. The highest BCUT2D eigenvalue weighted by Crippen LogP contribution is 2.21. The molecular formula is C18H22N6. The van der Waals surface area contributed by atoms with Gasteiger partial charge in [0, 0.05) is 19.6 Å². The van der Waals surface area contributed by atoms with Crippen LogP contribution in [0, 0.1) is 12.8 Å². The van der Waals surface area contributed by atoms with Gasteiger partial charge in [0.05, 0.1) is 22.4 Å². The standard InChI is InChI=1S/C18H22N6/c1-14-18(22-17-7-3-2-6-16(17)21-14)11-23-8-4-5-15(9-23)10-24-13-19-12-20-24/h2-3,6-7,12-13,15H,4-5,8-11H2,1H3/t15-/m1/s1. The van der Waals surface area contributed by atoms with Crippen LogP contribution in [0.1, 0.15) is 24.2 Å². The van der Waals surface area contributed by atoms with E-state index in [9.17, 15) is 0 Å². The van der Waals surface area contributed by atoms with Gasteiger partial charge in [0.25, 0.3) is 0 Å². The van der Waals surface area contributed by atoms with Crippen molar-refractivity contribution < 1.29 is 0 Å². The molecule has 3 heterocycles. The molecule has 6 heteroatoms. The molecule has 1 aromatic carbocycles. The van der Waals surface area contributed by atoms with Gasteiger partial charge in [0.1, 0.15) is 12.7 Å². The van der Waals surface area contributed by atoms with Gasteiger partial charge in [0.2, 0.25) is 0 Å². The average Bonchev–Trinajstić information content (AvgIpc) is 3.09. The first-order valence-electron chi connectivity index (χ1n) is 8.55. The van der Waals surface area contributed by atoms with E-state index in [4.69, 9.17) is 9.97 Å². The largest absolute Gasteiger partial charge is 0.297 e. The number of nitrogens with zero attached hydrogens (tertiary/aromatic N) is 6. The summed E-state index contributed by atoms with van der Waals surface area (Å²) in [6.07, 6.45) is 5.88. The fourth-order valence-corrected chi connectivity index (χ4v) is 3.52. The van der Waals surface area contributed by atoms with Crippen LogP contribution in [0.15, 0.2) is 36.9 Å². The van der Waals surface area contributed by atoms with Gasteiger partial charge >= 0.3 is 0 Å². The normalized spacial score (nSPS) is 19.0. The number of rotatable bonds is 4. The Bertz CT molecular complexity index is 813. The van der Waals surface area contributed by atoms with E-state index >= 15 is 0 Å². The zero-order valence-electron chi connectivity index (χ0n) is 14.0. The first-order chi connectivity index (χ1) is 11.8. The van der Waals surface area contributed by atoms with Gasteiger partial charge in [-0.2, -0.15) is 5.10 Å². The van der Waals surface area contributed by atoms with Crippen LogP contribution in [0.5, 0.6) is 0 Å². The van der Waals surface area contributed by atoms with Crippen LogP contribution in [-0.4, -0.2) is 42.7 Å². The Labute approximate surface area is 141 Å². The maximum absolute atomic E-state index is 4.84. The second-order valence-electron chi connectivity index (χ2n) is 6.61. The number of piperidine rings is 1. The Morgan fingerprint density at radius 3 is 2.79 bits per heavy atom. The molecule has 124 valence electrons. The lowest BCUT2D eigenvalue weighted by Crippen LogP contribution is -2.37. The lowest BCUT2D eigenvalue weighted by Gasteiger charge is -2.32. The number of hydrogen-bond donors (Lipinski definition) is 0. The van der Waals surface area contributed by atoms with Gasteiger partial charge in [-0.15, -0.1) is 0 Å². The summed E-state index contributed by atoms with van der Waals surface area (Å²) in [6, 6.07) is 8.09. The number of benzene rings is 1. The maximum Gasteiger partial charge on any atom is 0.137 e. The van der Waals surface area contributed by atoms with E-state index in [0.29, 0.717) is 5.92 Å². The van der Waals surface area contributed by atoms with Gasteiger partial charge in [-0.3, -0.25) is 9.58 Å². The highest BCUT2D eigenvalue weighted by Gasteiger charge is 2.21. The molecule has 0 unspecified atom stereocenters. The van der Waals surface area contributed by atoms with Crippen LogP contribution in [0.4, 0.5) is 0 Å². The lowest BCUT2D eigenvalue weighted by atomic mass is 9.98. The van der Waals surface area contributed by atoms with Gasteiger partial charge in [0.15, 0.2) is 0 Å². The molecule has 0 bridgehead atoms. The molecule has 0 saturated carbocycles. The van der Waals surface area contributed by atoms with Crippen molar-refractivity contribution in [3.63, 3.8) is 0 Å². The summed E-state index contributed by atoms with van der Waals surface area (Å²) < 4.78 is 1.94. The van der Waals surface area contributed by atoms with Crippen molar-refractivity contribution >= 4 is 11.0 Å². The summed E-state index contributed by atoms with van der Waals surface area (Å²) in [5.74, 6) is 0.620. The van der Waals surface area contributed by atoms with Crippen LogP contribution in [0.2, 0.25) is 0 Å². The van der Waals surface area contributed by atoms with Crippen molar-refractivity contribution in [1.29, 1.82) is 0 Å². The van der Waals surface area contributed by atoms with Crippen LogP contribution >= 0.6 is 0 Å². The zero-order chi connectivity index (χ0) is 16.4. The molecule has 1 fully saturated rings. The molecular weight excluding hydrogens is 300 g/mol. The Kier molecular flexibility index (Phi) is 4.21. The van der Waals surface area contributed by atoms with Gasteiger partial charge < -0.3 is 0 Å². The summed E-state index contributed by atoms with van der Waals surface area (Å²) in [5.41, 5.74) is 4.08. The van der Waals surface area contributed by atoms with E-state index in [1.54, 1.807) is 12.7 Å². The third-order valence-electron chi connectivity index (χ3n) is 4.73. The third kappa shape index (κ3) is 3.28. The van der Waals surface area contributed by atoms with E-state index in [1.807, 2.05) is 28.9 Å². The Morgan fingerprint density at radius 2 is 2.00 bits per heavy atom. The second-order valence-corrected chi connectivity index (χ2v) is 6.61. The topological polar surface area (TPSA) is 59.7 Å². The van der Waals surface area contributed by atoms with Crippen molar-refractivity contribution in [2.75, 3.05) is 13.1 Å². The van der Waals surface area contributed by atoms with Crippen LogP contribution in [0.3, 0.4) is 0 Å². The van der Waals surface area contributed by atoms with Crippen molar-refractivity contribution in [2.45, 2.75) is 32.9 Å². The van der Waals surface area contributed by atoms with Gasteiger partial charge in [-0.05, 0) is 44.4 Å². The number of para-hydroxylation sites is 2. The van der Waals surface area contributed by atoms with Gasteiger partial charge in [-0.1, -0.05) is 12.1 Å². The number of fused-ring (bicyclic) bond motifs is 1. The van der Waals surface area contributed by atoms with Crippen LogP contribution in [0.25, 0.3) is 11.0 Å². The molecule has 1 aliphatic heterocycles. The molecule has 1 saturated heterocycles. The monoisotopic (exact) mass is 322 g/mol. The summed E-state index contributed by atoms with van der Waals surface area (Å²) in [4.78, 5) is 16.1. The van der Waals surface area contributed by atoms with E-state index in [1.165, 1.54) is 12.8 Å². The molecule has 0 radical (unpaired) electrons. The Morgan fingerprint density at radius 1 is 1.17 bits per heavy atom. The van der Waals surface area contributed by atoms with Crippen LogP contribution < -0.4 is 0 Å². The minimum absolute atomic E-state index is 0.620. The van der Waals surface area contributed by atoms with Crippen molar-refractivity contribution in [3.05, 3.63) is 48.3 Å². The molecule has 24 heavy (non-hydrogen) atoms. The summed E-state index contributed by atoms with van der Waals surface area (Å²) in [7, 11) is 0. The molecule has 0 aliphatic carbocycles. The fraction of sp³-hybridized carbons (Fsp3) is 0.444. The molecule has 1 atom stereocenters. The highest BCUT2D eigenvalue weighted by atomic mass is 15.3. The van der Waals surface area contributed by atoms with E-state index in [-0.39, 0.29) is 0 Å². The molecule has 0 amide bonds. The fourth-order valence-electron chi connectivity index (χ4n) is 3.52. The molecule has 1 aliphatic rings. The maximum atomic E-state index is 4.84. The number of aromatic nitrogens is 5. The summed E-state index contributed by atoms with van der Waals surface area (Å²) in [5, 5.41) is 4.23. The van der Waals surface area contributed by atoms with Crippen molar-refractivity contribution in [3.8, 4) is 0 Å². The average molecular weight is 322 g/mol.